The van der Waals surface area contributed by atoms with Crippen LogP contribution >= 0.6 is 0 Å². The van der Waals surface area contributed by atoms with Crippen LogP contribution in [0.1, 0.15) is 19.8 Å². The van der Waals surface area contributed by atoms with Crippen molar-refractivity contribution in [3.63, 3.8) is 0 Å². The molecular weight excluding hydrogens is 204 g/mol. The summed E-state index contributed by atoms with van der Waals surface area (Å²) in [5, 5.41) is 3.44. The normalized spacial score (nSPS) is 32.0. The van der Waals surface area contributed by atoms with Crippen LogP contribution in [-0.2, 0) is 9.53 Å². The fourth-order valence-corrected chi connectivity index (χ4v) is 2.80. The highest BCUT2D eigenvalue weighted by Gasteiger charge is 2.32. The molecule has 2 rings (SSSR count). The number of nitrogens with zero attached hydrogens (tertiary/aromatic N) is 1. The molecule has 3 atom stereocenters. The average molecular weight is 226 g/mol. The Balaban J connectivity index is 1.91. The van der Waals surface area contributed by atoms with Crippen molar-refractivity contribution in [3.05, 3.63) is 0 Å². The van der Waals surface area contributed by atoms with E-state index in [1.807, 2.05) is 11.8 Å². The minimum atomic E-state index is -0.295. The number of methoxy groups -OCH3 is 1. The molecular formula is C12H22N2O2. The fraction of sp³-hybridized carbons (Fsp3) is 0.917. The molecule has 0 saturated carbocycles. The van der Waals surface area contributed by atoms with E-state index in [2.05, 4.69) is 5.32 Å². The molecule has 0 bridgehead atoms. The first-order valence-corrected chi connectivity index (χ1v) is 6.24. The molecule has 0 radical (unpaired) electrons. The highest BCUT2D eigenvalue weighted by Crippen LogP contribution is 2.27. The molecule has 0 aliphatic carbocycles. The molecule has 2 heterocycles. The average Bonchev–Trinajstić information content (AvgIpc) is 2.66. The van der Waals surface area contributed by atoms with Crippen molar-refractivity contribution < 1.29 is 9.53 Å². The van der Waals surface area contributed by atoms with Gasteiger partial charge in [0.2, 0.25) is 0 Å². The van der Waals surface area contributed by atoms with Crippen molar-refractivity contribution in [2.75, 3.05) is 33.3 Å². The lowest BCUT2D eigenvalue weighted by atomic mass is 9.92. The van der Waals surface area contributed by atoms with Gasteiger partial charge in [0, 0.05) is 20.2 Å². The molecule has 0 aromatic carbocycles. The number of hydrogen-bond donors (Lipinski definition) is 1. The standard InChI is InChI=1S/C12H22N2O2/c1-9(16-2)12(15)14-5-3-10-7-13-8-11(10)4-6-14/h9-11,13H,3-8H2,1-2H3/t9?,10-,11+. The smallest absolute Gasteiger partial charge is 0.251 e. The topological polar surface area (TPSA) is 41.6 Å². The first-order valence-electron chi connectivity index (χ1n) is 6.24. The van der Waals surface area contributed by atoms with E-state index < -0.39 is 0 Å². The molecule has 4 heteroatoms. The molecule has 1 unspecified atom stereocenters. The van der Waals surface area contributed by atoms with Crippen LogP contribution < -0.4 is 5.32 Å². The van der Waals surface area contributed by atoms with Crippen molar-refractivity contribution in [2.45, 2.75) is 25.9 Å². The van der Waals surface area contributed by atoms with E-state index >= 15 is 0 Å². The molecule has 1 amide bonds. The van der Waals surface area contributed by atoms with Crippen molar-refractivity contribution in [2.24, 2.45) is 11.8 Å². The first-order chi connectivity index (χ1) is 7.72. The molecule has 2 aliphatic rings. The van der Waals surface area contributed by atoms with E-state index in [0.29, 0.717) is 0 Å². The largest absolute Gasteiger partial charge is 0.372 e. The summed E-state index contributed by atoms with van der Waals surface area (Å²) in [6.07, 6.45) is 1.98. The van der Waals surface area contributed by atoms with Crippen LogP contribution in [0, 0.1) is 11.8 Å². The predicted molar refractivity (Wildman–Crippen MR) is 62.1 cm³/mol. The van der Waals surface area contributed by atoms with Gasteiger partial charge in [-0.1, -0.05) is 0 Å². The van der Waals surface area contributed by atoms with Crippen LogP contribution in [0.2, 0.25) is 0 Å². The van der Waals surface area contributed by atoms with E-state index in [4.69, 9.17) is 4.74 Å². The Morgan fingerprint density at radius 1 is 1.31 bits per heavy atom. The maximum Gasteiger partial charge on any atom is 0.251 e. The summed E-state index contributed by atoms with van der Waals surface area (Å²) in [6.45, 7) is 5.89. The first kappa shape index (κ1) is 11.9. The van der Waals surface area contributed by atoms with Gasteiger partial charge >= 0.3 is 0 Å². The number of nitrogens with one attached hydrogen (secondary N) is 1. The van der Waals surface area contributed by atoms with Crippen LogP contribution in [-0.4, -0.2) is 50.2 Å². The number of ether oxygens (including phenoxy) is 1. The van der Waals surface area contributed by atoms with Gasteiger partial charge in [-0.15, -0.1) is 0 Å². The molecule has 4 nitrogen and oxygen atoms in total. The minimum Gasteiger partial charge on any atom is -0.372 e. The lowest BCUT2D eigenvalue weighted by Crippen LogP contribution is -2.39. The monoisotopic (exact) mass is 226 g/mol. The third-order valence-corrected chi connectivity index (χ3v) is 4.03. The van der Waals surface area contributed by atoms with E-state index in [1.54, 1.807) is 7.11 Å². The number of fused-ring (bicyclic) bond motifs is 1. The highest BCUT2D eigenvalue weighted by atomic mass is 16.5. The molecule has 0 spiro atoms. The Morgan fingerprint density at radius 3 is 2.38 bits per heavy atom. The number of hydrogen-bond acceptors (Lipinski definition) is 3. The van der Waals surface area contributed by atoms with E-state index in [-0.39, 0.29) is 12.0 Å². The van der Waals surface area contributed by atoms with E-state index in [9.17, 15) is 4.79 Å². The number of amides is 1. The zero-order valence-corrected chi connectivity index (χ0v) is 10.2. The van der Waals surface area contributed by atoms with Gasteiger partial charge in [0.05, 0.1) is 0 Å². The van der Waals surface area contributed by atoms with Crippen molar-refractivity contribution in [1.29, 1.82) is 0 Å². The maximum atomic E-state index is 12.0. The van der Waals surface area contributed by atoms with Gasteiger partial charge in [-0.3, -0.25) is 4.79 Å². The fourth-order valence-electron chi connectivity index (χ4n) is 2.80. The number of carbonyl (C=O) groups is 1. The Kier molecular flexibility index (Phi) is 3.82. The van der Waals surface area contributed by atoms with Crippen molar-refractivity contribution in [3.8, 4) is 0 Å². The van der Waals surface area contributed by atoms with Gasteiger partial charge in [0.1, 0.15) is 6.10 Å². The third kappa shape index (κ3) is 2.38. The molecule has 2 fully saturated rings. The van der Waals surface area contributed by atoms with Crippen LogP contribution in [0.4, 0.5) is 0 Å². The van der Waals surface area contributed by atoms with E-state index in [1.165, 1.54) is 0 Å². The summed E-state index contributed by atoms with van der Waals surface area (Å²) < 4.78 is 5.10. The third-order valence-electron chi connectivity index (χ3n) is 4.03. The van der Waals surface area contributed by atoms with Crippen molar-refractivity contribution in [1.82, 2.24) is 10.2 Å². The van der Waals surface area contributed by atoms with E-state index in [0.717, 1.165) is 50.9 Å². The Hall–Kier alpha value is -0.610. The summed E-state index contributed by atoms with van der Waals surface area (Å²) in [7, 11) is 1.60. The van der Waals surface area contributed by atoms with Gasteiger partial charge < -0.3 is 15.0 Å². The summed E-state index contributed by atoms with van der Waals surface area (Å²) in [5.41, 5.74) is 0. The maximum absolute atomic E-state index is 12.0. The number of likely N-dealkylation sites (tertiary alicyclic amines) is 1. The van der Waals surface area contributed by atoms with Gasteiger partial charge in [-0.25, -0.2) is 0 Å². The highest BCUT2D eigenvalue weighted by molar-refractivity contribution is 5.80. The second-order valence-electron chi connectivity index (χ2n) is 4.96. The van der Waals surface area contributed by atoms with Gasteiger partial charge in [0.25, 0.3) is 5.91 Å². The second kappa shape index (κ2) is 5.15. The van der Waals surface area contributed by atoms with Crippen molar-refractivity contribution >= 4 is 5.91 Å². The lowest BCUT2D eigenvalue weighted by Gasteiger charge is -2.23. The predicted octanol–water partition coefficient (Wildman–Crippen LogP) is 0.479. The van der Waals surface area contributed by atoms with Crippen LogP contribution in [0.15, 0.2) is 0 Å². The molecule has 0 aromatic heterocycles. The molecule has 92 valence electrons. The van der Waals surface area contributed by atoms with Gasteiger partial charge in [-0.05, 0) is 44.7 Å². The van der Waals surface area contributed by atoms with Crippen LogP contribution in [0.25, 0.3) is 0 Å². The zero-order chi connectivity index (χ0) is 11.5. The minimum absolute atomic E-state index is 0.149. The van der Waals surface area contributed by atoms with Crippen LogP contribution in [0.5, 0.6) is 0 Å². The number of rotatable bonds is 2. The van der Waals surface area contributed by atoms with Gasteiger partial charge in [0.15, 0.2) is 0 Å². The summed E-state index contributed by atoms with van der Waals surface area (Å²) in [6, 6.07) is 0. The second-order valence-corrected chi connectivity index (χ2v) is 4.96. The lowest BCUT2D eigenvalue weighted by molar-refractivity contribution is -0.140. The van der Waals surface area contributed by atoms with Gasteiger partial charge in [-0.2, -0.15) is 0 Å². The molecule has 1 N–H and O–H groups in total. The molecule has 16 heavy (non-hydrogen) atoms. The quantitative estimate of drug-likeness (QED) is 0.744. The summed E-state index contributed by atoms with van der Waals surface area (Å²) in [4.78, 5) is 14.0. The Bertz CT molecular complexity index is 243. The molecule has 2 saturated heterocycles. The Morgan fingerprint density at radius 2 is 1.88 bits per heavy atom. The SMILES string of the molecule is COC(C)C(=O)N1CC[C@@H]2CNC[C@@H]2CC1. The summed E-state index contributed by atoms with van der Waals surface area (Å²) >= 11 is 0. The van der Waals surface area contributed by atoms with Crippen LogP contribution in [0.3, 0.4) is 0 Å². The zero-order valence-electron chi connectivity index (χ0n) is 10.2. The Labute approximate surface area is 97.3 Å². The molecule has 2 aliphatic heterocycles. The summed E-state index contributed by atoms with van der Waals surface area (Å²) in [5.74, 6) is 1.70. The molecule has 0 aromatic rings. The number of carbonyl (C=O) groups excluding carboxylic acids is 1.